The summed E-state index contributed by atoms with van der Waals surface area (Å²) < 4.78 is 5.55. The number of carboxylic acids is 1. The first-order valence-electron chi connectivity index (χ1n) is 12.4. The zero-order valence-corrected chi connectivity index (χ0v) is 20.8. The van der Waals surface area contributed by atoms with Crippen molar-refractivity contribution < 1.29 is 24.2 Å². The van der Waals surface area contributed by atoms with Crippen molar-refractivity contribution in [2.24, 2.45) is 5.92 Å². The maximum atomic E-state index is 12.8. The molecule has 0 fully saturated rings. The smallest absolute Gasteiger partial charge is 0.407 e. The molecule has 2 aromatic rings. The van der Waals surface area contributed by atoms with E-state index in [1.54, 1.807) is 4.90 Å². The van der Waals surface area contributed by atoms with E-state index in [1.165, 1.54) is 22.3 Å². The molecule has 0 saturated carbocycles. The lowest BCUT2D eigenvalue weighted by Crippen LogP contribution is -2.41. The Balaban J connectivity index is 1.41. The van der Waals surface area contributed by atoms with E-state index >= 15 is 0 Å². The Hall–Kier alpha value is -3.35. The first-order valence-corrected chi connectivity index (χ1v) is 12.4. The SMILES string of the molecule is CC(CCCNC(=O)OCC1c2ccccc2-c2ccccc21)C(=O)N(CCCC(=O)O)C(C)C. The highest BCUT2D eigenvalue weighted by Crippen LogP contribution is 2.44. The number of hydrogen-bond donors (Lipinski definition) is 2. The van der Waals surface area contributed by atoms with Crippen molar-refractivity contribution in [1.82, 2.24) is 10.2 Å². The minimum atomic E-state index is -0.853. The average molecular weight is 481 g/mol. The van der Waals surface area contributed by atoms with E-state index in [0.29, 0.717) is 32.4 Å². The molecule has 0 spiro atoms. The molecular formula is C28H36N2O5. The third-order valence-corrected chi connectivity index (χ3v) is 6.54. The van der Waals surface area contributed by atoms with Crippen molar-refractivity contribution in [3.63, 3.8) is 0 Å². The fourth-order valence-electron chi connectivity index (χ4n) is 4.68. The highest BCUT2D eigenvalue weighted by Gasteiger charge is 2.29. The molecule has 1 aliphatic rings. The Morgan fingerprint density at radius 1 is 0.971 bits per heavy atom. The first kappa shape index (κ1) is 26.3. The summed E-state index contributed by atoms with van der Waals surface area (Å²) in [6.45, 7) is 6.88. The highest BCUT2D eigenvalue weighted by atomic mass is 16.5. The molecule has 1 unspecified atom stereocenters. The summed E-state index contributed by atoms with van der Waals surface area (Å²) >= 11 is 0. The quantitative estimate of drug-likeness (QED) is 0.415. The monoisotopic (exact) mass is 480 g/mol. The fourth-order valence-corrected chi connectivity index (χ4v) is 4.68. The summed E-state index contributed by atoms with van der Waals surface area (Å²) in [5.41, 5.74) is 4.72. The summed E-state index contributed by atoms with van der Waals surface area (Å²) in [6.07, 6.45) is 1.32. The van der Waals surface area contributed by atoms with Crippen molar-refractivity contribution in [3.8, 4) is 11.1 Å². The molecule has 2 aromatic carbocycles. The molecule has 188 valence electrons. The molecule has 0 saturated heterocycles. The molecule has 0 radical (unpaired) electrons. The van der Waals surface area contributed by atoms with E-state index in [4.69, 9.17) is 9.84 Å². The van der Waals surface area contributed by atoms with Crippen LogP contribution >= 0.6 is 0 Å². The van der Waals surface area contributed by atoms with Crippen LogP contribution < -0.4 is 5.32 Å². The van der Waals surface area contributed by atoms with Gasteiger partial charge < -0.3 is 20.1 Å². The van der Waals surface area contributed by atoms with Gasteiger partial charge >= 0.3 is 12.1 Å². The van der Waals surface area contributed by atoms with E-state index in [1.807, 2.05) is 45.0 Å². The van der Waals surface area contributed by atoms with Gasteiger partial charge in [-0.1, -0.05) is 55.5 Å². The standard InChI is InChI=1S/C28H36N2O5/c1-19(2)30(17-9-15-26(31)32)27(33)20(3)10-8-16-29-28(34)35-18-25-23-13-6-4-11-21(23)22-12-5-7-14-24(22)25/h4-7,11-14,19-20,25H,8-10,15-18H2,1-3H3,(H,29,34)(H,31,32). The number of alkyl carbamates (subject to hydrolysis) is 1. The van der Waals surface area contributed by atoms with E-state index in [0.717, 1.165) is 0 Å². The van der Waals surface area contributed by atoms with E-state index in [9.17, 15) is 14.4 Å². The maximum Gasteiger partial charge on any atom is 0.407 e. The Morgan fingerprint density at radius 3 is 2.14 bits per heavy atom. The minimum Gasteiger partial charge on any atom is -0.481 e. The summed E-state index contributed by atoms with van der Waals surface area (Å²) in [4.78, 5) is 37.6. The third kappa shape index (κ3) is 6.84. The van der Waals surface area contributed by atoms with Crippen molar-refractivity contribution >= 4 is 18.0 Å². The molecule has 0 aliphatic heterocycles. The zero-order valence-electron chi connectivity index (χ0n) is 20.8. The molecule has 2 amide bonds. The van der Waals surface area contributed by atoms with Gasteiger partial charge in [0, 0.05) is 37.4 Å². The van der Waals surface area contributed by atoms with Gasteiger partial charge in [-0.25, -0.2) is 4.79 Å². The summed E-state index contributed by atoms with van der Waals surface area (Å²) in [6, 6.07) is 16.4. The average Bonchev–Trinajstić information content (AvgIpc) is 3.16. The molecule has 3 rings (SSSR count). The van der Waals surface area contributed by atoms with Crippen LogP contribution in [0.4, 0.5) is 4.79 Å². The predicted octanol–water partition coefficient (Wildman–Crippen LogP) is 5.04. The molecule has 1 atom stereocenters. The number of nitrogens with zero attached hydrogens (tertiary/aromatic N) is 1. The van der Waals surface area contributed by atoms with Gasteiger partial charge in [-0.05, 0) is 55.4 Å². The lowest BCUT2D eigenvalue weighted by molar-refractivity contribution is -0.140. The summed E-state index contributed by atoms with van der Waals surface area (Å²) in [5.74, 6) is -1.01. The van der Waals surface area contributed by atoms with Gasteiger partial charge in [0.1, 0.15) is 6.61 Å². The molecule has 0 bridgehead atoms. The van der Waals surface area contributed by atoms with Crippen molar-refractivity contribution in [2.75, 3.05) is 19.7 Å². The number of carbonyl (C=O) groups excluding carboxylic acids is 2. The second kappa shape index (κ2) is 12.4. The topological polar surface area (TPSA) is 95.9 Å². The second-order valence-electron chi connectivity index (χ2n) is 9.42. The lowest BCUT2D eigenvalue weighted by atomic mass is 9.98. The number of amides is 2. The van der Waals surface area contributed by atoms with Crippen LogP contribution in [0.2, 0.25) is 0 Å². The van der Waals surface area contributed by atoms with Gasteiger partial charge in [-0.3, -0.25) is 9.59 Å². The number of fused-ring (bicyclic) bond motifs is 3. The number of rotatable bonds is 12. The van der Waals surface area contributed by atoms with Crippen molar-refractivity contribution in [2.45, 2.75) is 58.4 Å². The zero-order chi connectivity index (χ0) is 25.4. The van der Waals surface area contributed by atoms with Gasteiger partial charge in [0.2, 0.25) is 5.91 Å². The van der Waals surface area contributed by atoms with Crippen molar-refractivity contribution in [1.29, 1.82) is 0 Å². The summed E-state index contributed by atoms with van der Waals surface area (Å²) in [7, 11) is 0. The normalized spacial score (nSPS) is 13.1. The van der Waals surface area contributed by atoms with Gasteiger partial charge in [0.15, 0.2) is 0 Å². The molecular weight excluding hydrogens is 444 g/mol. The molecule has 7 heteroatoms. The van der Waals surface area contributed by atoms with Gasteiger partial charge in [0.05, 0.1) is 0 Å². The van der Waals surface area contributed by atoms with Crippen molar-refractivity contribution in [3.05, 3.63) is 59.7 Å². The fraction of sp³-hybridized carbons (Fsp3) is 0.464. The Morgan fingerprint density at radius 2 is 1.57 bits per heavy atom. The molecule has 0 aromatic heterocycles. The Labute approximate surface area is 207 Å². The van der Waals surface area contributed by atoms with E-state index in [-0.39, 0.29) is 36.8 Å². The molecule has 2 N–H and O–H groups in total. The number of ether oxygens (including phenoxy) is 1. The third-order valence-electron chi connectivity index (χ3n) is 6.54. The number of carbonyl (C=O) groups is 3. The summed E-state index contributed by atoms with van der Waals surface area (Å²) in [5, 5.41) is 11.6. The first-order chi connectivity index (χ1) is 16.8. The number of hydrogen-bond acceptors (Lipinski definition) is 4. The number of nitrogens with one attached hydrogen (secondary N) is 1. The van der Waals surface area contributed by atoms with E-state index < -0.39 is 12.1 Å². The van der Waals surface area contributed by atoms with Gasteiger partial charge in [0.25, 0.3) is 0 Å². The van der Waals surface area contributed by atoms with Crippen LogP contribution in [0.15, 0.2) is 48.5 Å². The largest absolute Gasteiger partial charge is 0.481 e. The van der Waals surface area contributed by atoms with Crippen LogP contribution in [0.3, 0.4) is 0 Å². The molecule has 35 heavy (non-hydrogen) atoms. The predicted molar refractivity (Wildman–Crippen MR) is 135 cm³/mol. The van der Waals surface area contributed by atoms with Gasteiger partial charge in [-0.2, -0.15) is 0 Å². The van der Waals surface area contributed by atoms with Crippen LogP contribution in [0.5, 0.6) is 0 Å². The van der Waals surface area contributed by atoms with Crippen LogP contribution in [0.25, 0.3) is 11.1 Å². The van der Waals surface area contributed by atoms with Gasteiger partial charge in [-0.15, -0.1) is 0 Å². The second-order valence-corrected chi connectivity index (χ2v) is 9.42. The Kier molecular flexibility index (Phi) is 9.29. The Bertz CT molecular complexity index is 990. The van der Waals surface area contributed by atoms with E-state index in [2.05, 4.69) is 29.6 Å². The minimum absolute atomic E-state index is 0.0118. The van der Waals surface area contributed by atoms with Crippen LogP contribution in [-0.4, -0.2) is 53.7 Å². The molecule has 1 aliphatic carbocycles. The lowest BCUT2D eigenvalue weighted by Gasteiger charge is -2.29. The number of aliphatic carboxylic acids is 1. The number of benzene rings is 2. The maximum absolute atomic E-state index is 12.8. The molecule has 0 heterocycles. The van der Waals surface area contributed by atoms with Crippen LogP contribution in [0.1, 0.15) is 63.5 Å². The number of carboxylic acid groups (broad SMARTS) is 1. The van der Waals surface area contributed by atoms with Crippen LogP contribution in [0, 0.1) is 5.92 Å². The highest BCUT2D eigenvalue weighted by molar-refractivity contribution is 5.79. The molecule has 7 nitrogen and oxygen atoms in total. The van der Waals surface area contributed by atoms with Crippen LogP contribution in [-0.2, 0) is 14.3 Å².